The SMILES string of the molecule is O=S1(=O)CCC(Nc2ccc(-n3cnnn3)cc2)CC1. The molecule has 1 aliphatic rings. The number of rotatable bonds is 3. The van der Waals surface area contributed by atoms with Gasteiger partial charge in [0.15, 0.2) is 0 Å². The van der Waals surface area contributed by atoms with Crippen molar-refractivity contribution >= 4 is 15.5 Å². The van der Waals surface area contributed by atoms with Gasteiger partial charge >= 0.3 is 0 Å². The van der Waals surface area contributed by atoms with Crippen molar-refractivity contribution < 1.29 is 8.42 Å². The molecule has 20 heavy (non-hydrogen) atoms. The van der Waals surface area contributed by atoms with Crippen molar-refractivity contribution in [1.82, 2.24) is 20.2 Å². The van der Waals surface area contributed by atoms with E-state index < -0.39 is 9.84 Å². The topological polar surface area (TPSA) is 89.8 Å². The van der Waals surface area contributed by atoms with Crippen LogP contribution in [-0.2, 0) is 9.84 Å². The Hall–Kier alpha value is -1.96. The monoisotopic (exact) mass is 293 g/mol. The number of aromatic nitrogens is 4. The van der Waals surface area contributed by atoms with Gasteiger partial charge in [-0.05, 0) is 47.5 Å². The molecule has 0 aliphatic carbocycles. The van der Waals surface area contributed by atoms with Crippen molar-refractivity contribution in [2.75, 3.05) is 16.8 Å². The number of anilines is 1. The standard InChI is InChI=1S/C12H15N5O2S/c18-20(19)7-5-11(6-8-20)14-10-1-3-12(4-2-10)17-9-13-15-16-17/h1-4,9,11,14H,5-8H2. The number of hydrogen-bond donors (Lipinski definition) is 1. The van der Waals surface area contributed by atoms with E-state index in [0.29, 0.717) is 12.8 Å². The summed E-state index contributed by atoms with van der Waals surface area (Å²) >= 11 is 0. The second-order valence-electron chi connectivity index (χ2n) is 4.87. The summed E-state index contributed by atoms with van der Waals surface area (Å²) in [6.07, 6.45) is 2.86. The lowest BCUT2D eigenvalue weighted by molar-refractivity contribution is 0.559. The lowest BCUT2D eigenvalue weighted by atomic mass is 10.1. The molecule has 0 unspecified atom stereocenters. The lowest BCUT2D eigenvalue weighted by Crippen LogP contribution is -2.32. The molecule has 1 aromatic carbocycles. The first-order valence-corrected chi connectivity index (χ1v) is 8.25. The molecule has 0 radical (unpaired) electrons. The van der Waals surface area contributed by atoms with Gasteiger partial charge in [-0.25, -0.2) is 13.1 Å². The molecule has 0 atom stereocenters. The van der Waals surface area contributed by atoms with Gasteiger partial charge in [-0.15, -0.1) is 5.10 Å². The average Bonchev–Trinajstić information content (AvgIpc) is 2.96. The number of nitrogens with one attached hydrogen (secondary N) is 1. The van der Waals surface area contributed by atoms with Crippen molar-refractivity contribution in [3.63, 3.8) is 0 Å². The normalized spacial score (nSPS) is 18.8. The number of sulfone groups is 1. The highest BCUT2D eigenvalue weighted by Gasteiger charge is 2.23. The largest absolute Gasteiger partial charge is 0.382 e. The Morgan fingerprint density at radius 3 is 2.45 bits per heavy atom. The van der Waals surface area contributed by atoms with Crippen molar-refractivity contribution in [2.24, 2.45) is 0 Å². The van der Waals surface area contributed by atoms with Crippen LogP contribution in [0.1, 0.15) is 12.8 Å². The maximum absolute atomic E-state index is 11.4. The summed E-state index contributed by atoms with van der Waals surface area (Å²) in [5.41, 5.74) is 1.86. The van der Waals surface area contributed by atoms with Crippen LogP contribution >= 0.6 is 0 Å². The molecule has 1 saturated heterocycles. The summed E-state index contributed by atoms with van der Waals surface area (Å²) in [6, 6.07) is 7.94. The van der Waals surface area contributed by atoms with Crippen molar-refractivity contribution in [2.45, 2.75) is 18.9 Å². The molecule has 0 amide bonds. The predicted molar refractivity (Wildman–Crippen MR) is 74.5 cm³/mol. The summed E-state index contributed by atoms with van der Waals surface area (Å²) in [4.78, 5) is 0. The summed E-state index contributed by atoms with van der Waals surface area (Å²) < 4.78 is 24.3. The van der Waals surface area contributed by atoms with Crippen LogP contribution in [0, 0.1) is 0 Å². The quantitative estimate of drug-likeness (QED) is 0.893. The summed E-state index contributed by atoms with van der Waals surface area (Å²) in [6.45, 7) is 0. The predicted octanol–water partition coefficient (Wildman–Crippen LogP) is 0.651. The van der Waals surface area contributed by atoms with Crippen LogP contribution in [-0.4, -0.2) is 46.2 Å². The van der Waals surface area contributed by atoms with Gasteiger partial charge in [0.2, 0.25) is 0 Å². The number of tetrazole rings is 1. The second kappa shape index (κ2) is 5.20. The Kier molecular flexibility index (Phi) is 3.39. The Morgan fingerprint density at radius 2 is 1.85 bits per heavy atom. The summed E-state index contributed by atoms with van der Waals surface area (Å²) in [5.74, 6) is 0.542. The zero-order valence-electron chi connectivity index (χ0n) is 10.8. The summed E-state index contributed by atoms with van der Waals surface area (Å²) in [5, 5.41) is 14.4. The minimum atomic E-state index is -2.81. The molecule has 8 heteroatoms. The molecule has 2 aromatic rings. The van der Waals surface area contributed by atoms with Gasteiger partial charge in [-0.2, -0.15) is 0 Å². The highest BCUT2D eigenvalue weighted by Crippen LogP contribution is 2.19. The number of hydrogen-bond acceptors (Lipinski definition) is 6. The molecule has 3 rings (SSSR count). The van der Waals surface area contributed by atoms with Crippen LogP contribution in [0.25, 0.3) is 5.69 Å². The third-order valence-electron chi connectivity index (χ3n) is 3.41. The molecule has 0 saturated carbocycles. The minimum absolute atomic E-state index is 0.220. The zero-order valence-corrected chi connectivity index (χ0v) is 11.6. The molecule has 7 nitrogen and oxygen atoms in total. The highest BCUT2D eigenvalue weighted by atomic mass is 32.2. The third-order valence-corrected chi connectivity index (χ3v) is 5.12. The van der Waals surface area contributed by atoms with Crippen LogP contribution in [0.3, 0.4) is 0 Å². The molecular weight excluding hydrogens is 278 g/mol. The van der Waals surface area contributed by atoms with E-state index in [1.807, 2.05) is 24.3 Å². The molecule has 1 aromatic heterocycles. The fourth-order valence-corrected chi connectivity index (χ4v) is 3.75. The van der Waals surface area contributed by atoms with E-state index in [0.717, 1.165) is 11.4 Å². The van der Waals surface area contributed by atoms with Crippen molar-refractivity contribution in [1.29, 1.82) is 0 Å². The highest BCUT2D eigenvalue weighted by molar-refractivity contribution is 7.91. The van der Waals surface area contributed by atoms with E-state index in [9.17, 15) is 8.42 Å². The Balaban J connectivity index is 1.64. The van der Waals surface area contributed by atoms with Crippen LogP contribution in [0.4, 0.5) is 5.69 Å². The molecule has 0 spiro atoms. The molecule has 1 aliphatic heterocycles. The first-order valence-electron chi connectivity index (χ1n) is 6.43. The van der Waals surface area contributed by atoms with Gasteiger partial charge in [0.25, 0.3) is 0 Å². The van der Waals surface area contributed by atoms with Crippen molar-refractivity contribution in [3.05, 3.63) is 30.6 Å². The maximum Gasteiger partial charge on any atom is 0.150 e. The maximum atomic E-state index is 11.4. The fraction of sp³-hybridized carbons (Fsp3) is 0.417. The van der Waals surface area contributed by atoms with Crippen LogP contribution in [0.2, 0.25) is 0 Å². The first-order chi connectivity index (χ1) is 9.62. The Morgan fingerprint density at radius 1 is 1.15 bits per heavy atom. The van der Waals surface area contributed by atoms with E-state index in [1.165, 1.54) is 6.33 Å². The van der Waals surface area contributed by atoms with Crippen LogP contribution < -0.4 is 5.32 Å². The minimum Gasteiger partial charge on any atom is -0.382 e. The molecular formula is C12H15N5O2S. The van der Waals surface area contributed by atoms with E-state index >= 15 is 0 Å². The molecule has 1 fully saturated rings. The van der Waals surface area contributed by atoms with Gasteiger partial charge in [-0.3, -0.25) is 0 Å². The average molecular weight is 293 g/mol. The van der Waals surface area contributed by atoms with E-state index in [-0.39, 0.29) is 17.5 Å². The van der Waals surface area contributed by atoms with Crippen molar-refractivity contribution in [3.8, 4) is 5.69 Å². The van der Waals surface area contributed by atoms with Gasteiger partial charge in [0.1, 0.15) is 16.2 Å². The number of benzene rings is 1. The lowest BCUT2D eigenvalue weighted by Gasteiger charge is -2.24. The molecule has 106 valence electrons. The fourth-order valence-electron chi connectivity index (χ4n) is 2.26. The van der Waals surface area contributed by atoms with Gasteiger partial charge in [0.05, 0.1) is 17.2 Å². The van der Waals surface area contributed by atoms with Gasteiger partial charge < -0.3 is 5.32 Å². The Labute approximate surface area is 116 Å². The van der Waals surface area contributed by atoms with E-state index in [1.54, 1.807) is 4.68 Å². The van der Waals surface area contributed by atoms with Crippen LogP contribution in [0.15, 0.2) is 30.6 Å². The summed E-state index contributed by atoms with van der Waals surface area (Å²) in [7, 11) is -2.81. The molecule has 2 heterocycles. The smallest absolute Gasteiger partial charge is 0.150 e. The molecule has 0 bridgehead atoms. The number of nitrogens with zero attached hydrogens (tertiary/aromatic N) is 4. The third kappa shape index (κ3) is 2.96. The first kappa shape index (κ1) is 13.0. The van der Waals surface area contributed by atoms with Crippen LogP contribution in [0.5, 0.6) is 0 Å². The second-order valence-corrected chi connectivity index (χ2v) is 7.18. The van der Waals surface area contributed by atoms with Gasteiger partial charge in [-0.1, -0.05) is 0 Å². The van der Waals surface area contributed by atoms with E-state index in [2.05, 4.69) is 20.8 Å². The molecule has 1 N–H and O–H groups in total. The van der Waals surface area contributed by atoms with Gasteiger partial charge in [0, 0.05) is 11.7 Å². The Bertz CT molecular complexity index is 652. The zero-order chi connectivity index (χ0) is 14.0. The van der Waals surface area contributed by atoms with E-state index in [4.69, 9.17) is 0 Å².